The van der Waals surface area contributed by atoms with Gasteiger partial charge < -0.3 is 9.47 Å². The van der Waals surface area contributed by atoms with Crippen molar-refractivity contribution in [2.24, 2.45) is 11.8 Å². The average Bonchev–Trinajstić information content (AvgIpc) is 2.88. The van der Waals surface area contributed by atoms with Gasteiger partial charge in [-0.15, -0.1) is 0 Å². The number of unbranched alkanes of at least 4 members (excludes halogenated alkanes) is 12. The Morgan fingerprint density at radius 1 is 0.525 bits per heavy atom. The SMILES string of the molecule is CCCCCCCCCC(OOC(C)(C)C(C)C)OC(=O)OC(CCCCCCCCC)OOC(C)(C)C(C)C. The van der Waals surface area contributed by atoms with Crippen molar-refractivity contribution in [3.8, 4) is 0 Å². The number of carbonyl (C=O) groups excluding carboxylic acids is 1. The van der Waals surface area contributed by atoms with Crippen LogP contribution >= 0.6 is 0 Å². The van der Waals surface area contributed by atoms with Crippen molar-refractivity contribution in [2.45, 2.75) is 196 Å². The molecule has 0 saturated carbocycles. The van der Waals surface area contributed by atoms with Crippen LogP contribution in [0.4, 0.5) is 4.79 Å². The first-order valence-corrected chi connectivity index (χ1v) is 16.4. The van der Waals surface area contributed by atoms with E-state index in [4.69, 9.17) is 29.0 Å². The highest BCUT2D eigenvalue weighted by Crippen LogP contribution is 2.25. The van der Waals surface area contributed by atoms with Crippen LogP contribution in [0.5, 0.6) is 0 Å². The number of ether oxygens (including phenoxy) is 2. The molecule has 2 unspecified atom stereocenters. The van der Waals surface area contributed by atoms with E-state index in [1.807, 2.05) is 27.7 Å². The fourth-order valence-electron chi connectivity index (χ4n) is 3.58. The lowest BCUT2D eigenvalue weighted by Crippen LogP contribution is -2.36. The van der Waals surface area contributed by atoms with Gasteiger partial charge >= 0.3 is 6.16 Å². The van der Waals surface area contributed by atoms with E-state index < -0.39 is 29.9 Å². The highest BCUT2D eigenvalue weighted by Gasteiger charge is 2.30. The average molecular weight is 575 g/mol. The molecular formula is C33H66O7. The maximum atomic E-state index is 12.9. The van der Waals surface area contributed by atoms with E-state index in [0.29, 0.717) is 12.8 Å². The Labute approximate surface area is 247 Å². The molecule has 0 heterocycles. The zero-order chi connectivity index (χ0) is 30.4. The van der Waals surface area contributed by atoms with Gasteiger partial charge in [-0.25, -0.2) is 14.6 Å². The fourth-order valence-corrected chi connectivity index (χ4v) is 3.58. The maximum Gasteiger partial charge on any atom is 0.513 e. The van der Waals surface area contributed by atoms with Crippen LogP contribution in [0.2, 0.25) is 0 Å². The van der Waals surface area contributed by atoms with Crippen molar-refractivity contribution in [2.75, 3.05) is 0 Å². The van der Waals surface area contributed by atoms with Gasteiger partial charge in [0.25, 0.3) is 0 Å². The van der Waals surface area contributed by atoms with E-state index in [1.165, 1.54) is 51.4 Å². The molecule has 0 aromatic carbocycles. The van der Waals surface area contributed by atoms with Crippen LogP contribution in [0.1, 0.15) is 172 Å². The summed E-state index contributed by atoms with van der Waals surface area (Å²) in [6, 6.07) is 0. The molecule has 0 amide bonds. The molecule has 0 fully saturated rings. The molecule has 0 bridgehead atoms. The standard InChI is InChI=1S/C33H66O7/c1-11-13-15-17-19-21-23-25-29(37-39-32(7,8)27(3)4)35-31(34)36-30(38-40-33(9,10)28(5)6)26-24-22-20-18-16-14-12-2/h27-30H,11-26H2,1-10H3. The Hall–Kier alpha value is -0.890. The predicted octanol–water partition coefficient (Wildman–Crippen LogP) is 10.8. The van der Waals surface area contributed by atoms with Gasteiger partial charge in [-0.2, -0.15) is 9.78 Å². The lowest BCUT2D eigenvalue weighted by atomic mass is 9.95. The second-order valence-corrected chi connectivity index (χ2v) is 13.0. The van der Waals surface area contributed by atoms with E-state index in [0.717, 1.165) is 38.5 Å². The lowest BCUT2D eigenvalue weighted by Gasteiger charge is -2.30. The molecule has 0 aliphatic heterocycles. The van der Waals surface area contributed by atoms with Crippen LogP contribution < -0.4 is 0 Å². The Kier molecular flexibility index (Phi) is 22.2. The van der Waals surface area contributed by atoms with Crippen LogP contribution in [0.15, 0.2) is 0 Å². The Morgan fingerprint density at radius 3 is 1.12 bits per heavy atom. The molecule has 0 saturated heterocycles. The third kappa shape index (κ3) is 20.1. The van der Waals surface area contributed by atoms with Crippen LogP contribution in [0.25, 0.3) is 0 Å². The van der Waals surface area contributed by atoms with Crippen molar-refractivity contribution in [1.29, 1.82) is 0 Å². The molecule has 0 aromatic heterocycles. The van der Waals surface area contributed by atoms with Gasteiger partial charge in [0.05, 0.1) is 0 Å². The Bertz CT molecular complexity index is 554. The van der Waals surface area contributed by atoms with E-state index >= 15 is 0 Å². The summed E-state index contributed by atoms with van der Waals surface area (Å²) in [5.41, 5.74) is -1.05. The van der Waals surface area contributed by atoms with E-state index in [2.05, 4.69) is 41.5 Å². The van der Waals surface area contributed by atoms with Gasteiger partial charge in [0.2, 0.25) is 12.6 Å². The van der Waals surface area contributed by atoms with Crippen molar-refractivity contribution < 1.29 is 33.8 Å². The summed E-state index contributed by atoms with van der Waals surface area (Å²) in [6.45, 7) is 20.5. The van der Waals surface area contributed by atoms with E-state index in [1.54, 1.807) is 0 Å². The largest absolute Gasteiger partial charge is 0.513 e. The zero-order valence-electron chi connectivity index (χ0n) is 28.0. The number of hydrogen-bond donors (Lipinski definition) is 0. The molecule has 240 valence electrons. The third-order valence-corrected chi connectivity index (χ3v) is 8.06. The number of rotatable bonds is 26. The molecule has 7 heteroatoms. The van der Waals surface area contributed by atoms with E-state index in [9.17, 15) is 4.79 Å². The summed E-state index contributed by atoms with van der Waals surface area (Å²) >= 11 is 0. The summed E-state index contributed by atoms with van der Waals surface area (Å²) in [5, 5.41) is 0. The lowest BCUT2D eigenvalue weighted by molar-refractivity contribution is -0.430. The van der Waals surface area contributed by atoms with Crippen molar-refractivity contribution in [1.82, 2.24) is 0 Å². The first-order chi connectivity index (χ1) is 18.9. The van der Waals surface area contributed by atoms with Gasteiger partial charge in [0, 0.05) is 12.8 Å². The molecule has 0 spiro atoms. The molecule has 0 radical (unpaired) electrons. The quantitative estimate of drug-likeness (QED) is 0.0334. The molecular weight excluding hydrogens is 508 g/mol. The molecule has 2 atom stereocenters. The highest BCUT2D eigenvalue weighted by molar-refractivity contribution is 5.60. The summed E-state index contributed by atoms with van der Waals surface area (Å²) < 4.78 is 11.2. The minimum Gasteiger partial charge on any atom is -0.401 e. The molecule has 7 nitrogen and oxygen atoms in total. The van der Waals surface area contributed by atoms with Crippen LogP contribution in [-0.4, -0.2) is 29.9 Å². The monoisotopic (exact) mass is 574 g/mol. The van der Waals surface area contributed by atoms with Gasteiger partial charge in [-0.1, -0.05) is 119 Å². The molecule has 0 aromatic rings. The van der Waals surface area contributed by atoms with Crippen LogP contribution in [0.3, 0.4) is 0 Å². The van der Waals surface area contributed by atoms with Gasteiger partial charge in [-0.05, 0) is 52.4 Å². The highest BCUT2D eigenvalue weighted by atomic mass is 17.2. The molecule has 0 N–H and O–H groups in total. The maximum absolute atomic E-state index is 12.9. The topological polar surface area (TPSA) is 72.5 Å². The first kappa shape index (κ1) is 39.1. The predicted molar refractivity (Wildman–Crippen MR) is 163 cm³/mol. The first-order valence-electron chi connectivity index (χ1n) is 16.4. The number of hydrogen-bond acceptors (Lipinski definition) is 7. The smallest absolute Gasteiger partial charge is 0.401 e. The zero-order valence-corrected chi connectivity index (χ0v) is 28.0. The van der Waals surface area contributed by atoms with E-state index in [-0.39, 0.29) is 11.8 Å². The van der Waals surface area contributed by atoms with Crippen LogP contribution in [0, 0.1) is 11.8 Å². The van der Waals surface area contributed by atoms with Crippen molar-refractivity contribution in [3.63, 3.8) is 0 Å². The third-order valence-electron chi connectivity index (χ3n) is 8.06. The molecule has 40 heavy (non-hydrogen) atoms. The van der Waals surface area contributed by atoms with Crippen LogP contribution in [-0.2, 0) is 29.0 Å². The normalized spacial score (nSPS) is 14.1. The molecule has 0 aliphatic rings. The second-order valence-electron chi connectivity index (χ2n) is 13.0. The van der Waals surface area contributed by atoms with Crippen molar-refractivity contribution >= 4 is 6.16 Å². The summed E-state index contributed by atoms with van der Waals surface area (Å²) in [7, 11) is 0. The molecule has 0 rings (SSSR count). The second kappa shape index (κ2) is 22.7. The van der Waals surface area contributed by atoms with Crippen molar-refractivity contribution in [3.05, 3.63) is 0 Å². The number of carbonyl (C=O) groups is 1. The minimum absolute atomic E-state index is 0.222. The summed E-state index contributed by atoms with van der Waals surface area (Å²) in [4.78, 5) is 35.6. The minimum atomic E-state index is -0.853. The van der Waals surface area contributed by atoms with Gasteiger partial charge in [0.15, 0.2) is 0 Å². The summed E-state index contributed by atoms with van der Waals surface area (Å²) in [6.07, 6.45) is 14.7. The Balaban J connectivity index is 5.05. The Morgan fingerprint density at radius 2 is 0.825 bits per heavy atom. The molecule has 0 aliphatic carbocycles. The summed E-state index contributed by atoms with van der Waals surface area (Å²) in [5.74, 6) is 0.444. The fraction of sp³-hybridized carbons (Fsp3) is 0.970. The van der Waals surface area contributed by atoms with Gasteiger partial charge in [-0.3, -0.25) is 0 Å². The van der Waals surface area contributed by atoms with Gasteiger partial charge in [0.1, 0.15) is 11.2 Å².